The van der Waals surface area contributed by atoms with Crippen LogP contribution in [-0.2, 0) is 13.2 Å². The summed E-state index contributed by atoms with van der Waals surface area (Å²) in [5.74, 6) is 2.06. The summed E-state index contributed by atoms with van der Waals surface area (Å²) in [7, 11) is 3.17. The molecule has 1 heterocycles. The van der Waals surface area contributed by atoms with Crippen LogP contribution >= 0.6 is 0 Å². The highest BCUT2D eigenvalue weighted by Crippen LogP contribution is 2.29. The lowest BCUT2D eigenvalue weighted by molar-refractivity contribution is 0.290. The SMILES string of the molecule is COc1ccc(NC(N)=NCc2cccnc2OCc2ccccc2)cc1OC. The van der Waals surface area contributed by atoms with Crippen molar-refractivity contribution in [1.82, 2.24) is 4.98 Å². The minimum Gasteiger partial charge on any atom is -0.493 e. The highest BCUT2D eigenvalue weighted by atomic mass is 16.5. The minimum atomic E-state index is 0.273. The van der Waals surface area contributed by atoms with Crippen LogP contribution in [0.1, 0.15) is 11.1 Å². The fraction of sp³-hybridized carbons (Fsp3) is 0.182. The number of hydrogen-bond donors (Lipinski definition) is 2. The van der Waals surface area contributed by atoms with Crippen molar-refractivity contribution in [1.29, 1.82) is 0 Å². The maximum absolute atomic E-state index is 6.04. The van der Waals surface area contributed by atoms with E-state index in [-0.39, 0.29) is 5.96 Å². The van der Waals surface area contributed by atoms with E-state index in [2.05, 4.69) is 15.3 Å². The van der Waals surface area contributed by atoms with Crippen LogP contribution in [0.5, 0.6) is 17.4 Å². The predicted octanol–water partition coefficient (Wildman–Crippen LogP) is 3.60. The van der Waals surface area contributed by atoms with Gasteiger partial charge in [0.2, 0.25) is 5.88 Å². The Bertz CT molecular complexity index is 961. The molecule has 7 heteroatoms. The maximum Gasteiger partial charge on any atom is 0.218 e. The number of hydrogen-bond acceptors (Lipinski definition) is 5. The number of aromatic nitrogens is 1. The quantitative estimate of drug-likeness (QED) is 0.450. The number of pyridine rings is 1. The van der Waals surface area contributed by atoms with Gasteiger partial charge in [0.25, 0.3) is 0 Å². The largest absolute Gasteiger partial charge is 0.493 e. The van der Waals surface area contributed by atoms with Gasteiger partial charge in [-0.3, -0.25) is 0 Å². The van der Waals surface area contributed by atoms with Gasteiger partial charge in [0.1, 0.15) is 6.61 Å². The molecule has 150 valence electrons. The molecule has 0 unspecified atom stereocenters. The fourth-order valence-corrected chi connectivity index (χ4v) is 2.67. The molecule has 0 saturated heterocycles. The summed E-state index contributed by atoms with van der Waals surface area (Å²) < 4.78 is 16.4. The Balaban J connectivity index is 1.65. The third kappa shape index (κ3) is 5.62. The zero-order valence-corrected chi connectivity index (χ0v) is 16.5. The second-order valence-corrected chi connectivity index (χ2v) is 6.14. The summed E-state index contributed by atoms with van der Waals surface area (Å²) in [6.07, 6.45) is 1.69. The Morgan fingerprint density at radius 3 is 2.55 bits per heavy atom. The van der Waals surface area contributed by atoms with Crippen molar-refractivity contribution in [2.45, 2.75) is 13.2 Å². The Kier molecular flexibility index (Phi) is 6.89. The number of rotatable bonds is 8. The number of guanidine groups is 1. The monoisotopic (exact) mass is 392 g/mol. The third-order valence-corrected chi connectivity index (χ3v) is 4.14. The summed E-state index contributed by atoms with van der Waals surface area (Å²) in [6, 6.07) is 19.1. The lowest BCUT2D eigenvalue weighted by atomic mass is 10.2. The standard InChI is InChI=1S/C22H24N4O3/c1-27-19-11-10-18(13-20(19)28-2)26-22(23)25-14-17-9-6-12-24-21(17)29-15-16-7-4-3-5-8-16/h3-13H,14-15H2,1-2H3,(H3,23,25,26). The molecule has 0 atom stereocenters. The number of nitrogens with zero attached hydrogens (tertiary/aromatic N) is 2. The minimum absolute atomic E-state index is 0.273. The van der Waals surface area contributed by atoms with Crippen molar-refractivity contribution >= 4 is 11.6 Å². The average molecular weight is 392 g/mol. The second kappa shape index (κ2) is 9.98. The topological polar surface area (TPSA) is 91.0 Å². The van der Waals surface area contributed by atoms with Crippen LogP contribution in [0, 0.1) is 0 Å². The molecule has 1 aromatic heterocycles. The fourth-order valence-electron chi connectivity index (χ4n) is 2.67. The van der Waals surface area contributed by atoms with Gasteiger partial charge in [0.15, 0.2) is 17.5 Å². The molecule has 0 aliphatic heterocycles. The summed E-state index contributed by atoms with van der Waals surface area (Å²) in [5, 5.41) is 3.05. The molecular weight excluding hydrogens is 368 g/mol. The first-order chi connectivity index (χ1) is 14.2. The summed E-state index contributed by atoms with van der Waals surface area (Å²) in [5.41, 5.74) is 8.70. The Morgan fingerprint density at radius 2 is 1.79 bits per heavy atom. The van der Waals surface area contributed by atoms with Crippen molar-refractivity contribution in [3.63, 3.8) is 0 Å². The van der Waals surface area contributed by atoms with Crippen molar-refractivity contribution < 1.29 is 14.2 Å². The molecule has 0 bridgehead atoms. The Hall–Kier alpha value is -3.74. The molecule has 2 aromatic carbocycles. The van der Waals surface area contributed by atoms with Crippen LogP contribution in [0.3, 0.4) is 0 Å². The van der Waals surface area contributed by atoms with E-state index in [1.165, 1.54) is 0 Å². The molecule has 29 heavy (non-hydrogen) atoms. The van der Waals surface area contributed by atoms with Crippen LogP contribution in [-0.4, -0.2) is 25.2 Å². The number of benzene rings is 2. The zero-order chi connectivity index (χ0) is 20.5. The number of nitrogens with one attached hydrogen (secondary N) is 1. The van der Waals surface area contributed by atoms with E-state index in [0.29, 0.717) is 30.5 Å². The van der Waals surface area contributed by atoms with E-state index < -0.39 is 0 Å². The van der Waals surface area contributed by atoms with Crippen LogP contribution in [0.2, 0.25) is 0 Å². The molecule has 0 amide bonds. The number of anilines is 1. The van der Waals surface area contributed by atoms with Crippen molar-refractivity contribution in [2.24, 2.45) is 10.7 Å². The van der Waals surface area contributed by atoms with Gasteiger partial charge in [-0.25, -0.2) is 9.98 Å². The smallest absolute Gasteiger partial charge is 0.218 e. The van der Waals surface area contributed by atoms with Crippen molar-refractivity contribution in [3.05, 3.63) is 78.0 Å². The molecule has 0 aliphatic carbocycles. The molecule has 0 aliphatic rings. The van der Waals surface area contributed by atoms with E-state index in [1.54, 1.807) is 32.5 Å². The van der Waals surface area contributed by atoms with Crippen molar-refractivity contribution in [3.8, 4) is 17.4 Å². The first-order valence-electron chi connectivity index (χ1n) is 9.09. The summed E-state index contributed by atoms with van der Waals surface area (Å²) >= 11 is 0. The number of nitrogens with two attached hydrogens (primary N) is 1. The molecule has 7 nitrogen and oxygen atoms in total. The van der Waals surface area contributed by atoms with Crippen LogP contribution < -0.4 is 25.3 Å². The molecule has 0 spiro atoms. The Morgan fingerprint density at radius 1 is 1.00 bits per heavy atom. The van der Waals surface area contributed by atoms with E-state index >= 15 is 0 Å². The zero-order valence-electron chi connectivity index (χ0n) is 16.5. The number of ether oxygens (including phenoxy) is 3. The third-order valence-electron chi connectivity index (χ3n) is 4.14. The van der Waals surface area contributed by atoms with E-state index in [4.69, 9.17) is 19.9 Å². The van der Waals surface area contributed by atoms with Gasteiger partial charge in [-0.15, -0.1) is 0 Å². The van der Waals surface area contributed by atoms with Gasteiger partial charge in [0.05, 0.1) is 20.8 Å². The van der Waals surface area contributed by atoms with Gasteiger partial charge < -0.3 is 25.3 Å². The number of methoxy groups -OCH3 is 2. The van der Waals surface area contributed by atoms with Gasteiger partial charge in [0, 0.05) is 23.5 Å². The molecule has 0 radical (unpaired) electrons. The summed E-state index contributed by atoms with van der Waals surface area (Å²) in [4.78, 5) is 8.71. The second-order valence-electron chi connectivity index (χ2n) is 6.14. The van der Waals surface area contributed by atoms with E-state index in [0.717, 1.165) is 16.8 Å². The highest BCUT2D eigenvalue weighted by Gasteiger charge is 2.07. The lowest BCUT2D eigenvalue weighted by Gasteiger charge is -2.11. The predicted molar refractivity (Wildman–Crippen MR) is 114 cm³/mol. The summed E-state index contributed by atoms with van der Waals surface area (Å²) in [6.45, 7) is 0.776. The molecule has 3 aromatic rings. The molecule has 0 saturated carbocycles. The highest BCUT2D eigenvalue weighted by molar-refractivity contribution is 5.92. The van der Waals surface area contributed by atoms with Gasteiger partial charge in [-0.1, -0.05) is 36.4 Å². The van der Waals surface area contributed by atoms with Gasteiger partial charge in [-0.05, 0) is 23.8 Å². The Labute approximate surface area is 170 Å². The first kappa shape index (κ1) is 20.0. The average Bonchev–Trinajstić information content (AvgIpc) is 2.77. The molecule has 3 N–H and O–H groups in total. The van der Waals surface area contributed by atoms with E-state index in [1.807, 2.05) is 48.5 Å². The van der Waals surface area contributed by atoms with Crippen LogP contribution in [0.15, 0.2) is 71.9 Å². The molecular formula is C22H24N4O3. The molecule has 3 rings (SSSR count). The van der Waals surface area contributed by atoms with Gasteiger partial charge >= 0.3 is 0 Å². The van der Waals surface area contributed by atoms with Gasteiger partial charge in [-0.2, -0.15) is 0 Å². The maximum atomic E-state index is 6.04. The lowest BCUT2D eigenvalue weighted by Crippen LogP contribution is -2.22. The van der Waals surface area contributed by atoms with E-state index in [9.17, 15) is 0 Å². The number of aliphatic imine (C=N–C) groups is 1. The van der Waals surface area contributed by atoms with Crippen LogP contribution in [0.25, 0.3) is 0 Å². The van der Waals surface area contributed by atoms with Crippen molar-refractivity contribution in [2.75, 3.05) is 19.5 Å². The normalized spacial score (nSPS) is 11.0. The van der Waals surface area contributed by atoms with Crippen LogP contribution in [0.4, 0.5) is 5.69 Å². The molecule has 0 fully saturated rings. The first-order valence-corrected chi connectivity index (χ1v) is 9.09.